The van der Waals surface area contributed by atoms with Crippen LogP contribution in [0.5, 0.6) is 0 Å². The van der Waals surface area contributed by atoms with Crippen molar-refractivity contribution < 1.29 is 8.78 Å². The Morgan fingerprint density at radius 3 is 2.44 bits per heavy atom. The van der Waals surface area contributed by atoms with Gasteiger partial charge in [-0.2, -0.15) is 0 Å². The molecule has 0 bridgehead atoms. The molecule has 0 amide bonds. The molecule has 82 valence electrons. The maximum atomic E-state index is 13.5. The lowest BCUT2D eigenvalue weighted by atomic mass is 10.0. The molecule has 0 atom stereocenters. The van der Waals surface area contributed by atoms with Gasteiger partial charge in [0.2, 0.25) is 0 Å². The summed E-state index contributed by atoms with van der Waals surface area (Å²) in [6.45, 7) is 0. The van der Waals surface area contributed by atoms with Crippen LogP contribution in [0.2, 0.25) is 5.02 Å². The second kappa shape index (κ2) is 4.10. The van der Waals surface area contributed by atoms with E-state index in [1.807, 2.05) is 0 Å². The van der Waals surface area contributed by atoms with E-state index in [9.17, 15) is 8.78 Å². The van der Waals surface area contributed by atoms with Crippen molar-refractivity contribution in [1.82, 2.24) is 0 Å². The molecule has 0 unspecified atom stereocenters. The van der Waals surface area contributed by atoms with Crippen LogP contribution in [0.15, 0.2) is 36.4 Å². The number of rotatable bonds is 1. The third kappa shape index (κ3) is 1.86. The molecule has 0 fully saturated rings. The van der Waals surface area contributed by atoms with Crippen molar-refractivity contribution in [2.24, 2.45) is 0 Å². The molecule has 4 heteroatoms. The first-order valence-electron chi connectivity index (χ1n) is 4.59. The van der Waals surface area contributed by atoms with Crippen LogP contribution in [-0.2, 0) is 0 Å². The molecular formula is C12H8ClF2N. The van der Waals surface area contributed by atoms with Gasteiger partial charge in [0, 0.05) is 21.8 Å². The lowest BCUT2D eigenvalue weighted by molar-refractivity contribution is 0.511. The molecule has 0 aliphatic heterocycles. The lowest BCUT2D eigenvalue weighted by Gasteiger charge is -2.07. The number of nitrogen functional groups attached to an aromatic ring is 1. The van der Waals surface area contributed by atoms with Gasteiger partial charge in [-0.05, 0) is 18.2 Å². The van der Waals surface area contributed by atoms with Gasteiger partial charge < -0.3 is 5.73 Å². The van der Waals surface area contributed by atoms with Gasteiger partial charge in [0.05, 0.1) is 0 Å². The highest BCUT2D eigenvalue weighted by Crippen LogP contribution is 2.30. The van der Waals surface area contributed by atoms with E-state index in [4.69, 9.17) is 17.3 Å². The third-order valence-electron chi connectivity index (χ3n) is 2.26. The predicted octanol–water partition coefficient (Wildman–Crippen LogP) is 3.87. The molecule has 2 rings (SSSR count). The first-order valence-corrected chi connectivity index (χ1v) is 4.97. The summed E-state index contributed by atoms with van der Waals surface area (Å²) in [5.41, 5.74) is 6.58. The van der Waals surface area contributed by atoms with E-state index in [-0.39, 0.29) is 5.56 Å². The van der Waals surface area contributed by atoms with Crippen LogP contribution in [0.3, 0.4) is 0 Å². The zero-order valence-electron chi connectivity index (χ0n) is 8.18. The topological polar surface area (TPSA) is 26.0 Å². The van der Waals surface area contributed by atoms with Crippen LogP contribution in [0.4, 0.5) is 14.5 Å². The Labute approximate surface area is 96.5 Å². The monoisotopic (exact) mass is 239 g/mol. The lowest BCUT2D eigenvalue weighted by Crippen LogP contribution is -1.94. The van der Waals surface area contributed by atoms with E-state index >= 15 is 0 Å². The highest BCUT2D eigenvalue weighted by atomic mass is 35.5. The summed E-state index contributed by atoms with van der Waals surface area (Å²) < 4.78 is 26.5. The number of benzene rings is 2. The summed E-state index contributed by atoms with van der Waals surface area (Å²) in [5.74, 6) is -1.80. The molecule has 0 saturated carbocycles. The maximum absolute atomic E-state index is 13.5. The zero-order chi connectivity index (χ0) is 11.7. The Kier molecular flexibility index (Phi) is 2.79. The number of nitrogens with two attached hydrogens (primary N) is 1. The molecule has 0 saturated heterocycles. The minimum Gasteiger partial charge on any atom is -0.398 e. The summed E-state index contributed by atoms with van der Waals surface area (Å²) in [7, 11) is 0. The van der Waals surface area contributed by atoms with Crippen LogP contribution < -0.4 is 5.73 Å². The van der Waals surface area contributed by atoms with E-state index in [0.29, 0.717) is 16.3 Å². The van der Waals surface area contributed by atoms with Crippen molar-refractivity contribution in [3.05, 3.63) is 53.1 Å². The van der Waals surface area contributed by atoms with Crippen molar-refractivity contribution in [3.8, 4) is 11.1 Å². The predicted molar refractivity (Wildman–Crippen MR) is 61.2 cm³/mol. The summed E-state index contributed by atoms with van der Waals surface area (Å²) in [6.07, 6.45) is 0. The zero-order valence-corrected chi connectivity index (χ0v) is 8.93. The van der Waals surface area contributed by atoms with Crippen molar-refractivity contribution in [2.45, 2.75) is 0 Å². The highest BCUT2D eigenvalue weighted by Gasteiger charge is 2.11. The average Bonchev–Trinajstić information content (AvgIpc) is 2.23. The van der Waals surface area contributed by atoms with Gasteiger partial charge in [-0.25, -0.2) is 8.78 Å². The highest BCUT2D eigenvalue weighted by molar-refractivity contribution is 6.31. The van der Waals surface area contributed by atoms with E-state index in [0.717, 1.165) is 6.07 Å². The van der Waals surface area contributed by atoms with Crippen LogP contribution >= 0.6 is 11.6 Å². The fraction of sp³-hybridized carbons (Fsp3) is 0. The summed E-state index contributed by atoms with van der Waals surface area (Å²) in [6, 6.07) is 8.61. The molecule has 0 aliphatic carbocycles. The first-order chi connectivity index (χ1) is 7.59. The van der Waals surface area contributed by atoms with Gasteiger partial charge in [-0.15, -0.1) is 0 Å². The minimum absolute atomic E-state index is 0.133. The van der Waals surface area contributed by atoms with E-state index < -0.39 is 11.6 Å². The molecule has 0 heterocycles. The van der Waals surface area contributed by atoms with Gasteiger partial charge in [-0.3, -0.25) is 0 Å². The van der Waals surface area contributed by atoms with Crippen LogP contribution in [0.1, 0.15) is 0 Å². The molecule has 2 aromatic carbocycles. The maximum Gasteiger partial charge on any atom is 0.166 e. The first kappa shape index (κ1) is 10.9. The van der Waals surface area contributed by atoms with E-state index in [2.05, 4.69) is 0 Å². The largest absolute Gasteiger partial charge is 0.398 e. The summed E-state index contributed by atoms with van der Waals surface area (Å²) >= 11 is 5.73. The van der Waals surface area contributed by atoms with E-state index in [1.165, 1.54) is 18.2 Å². The SMILES string of the molecule is Nc1cc(Cl)ccc1-c1cccc(F)c1F. The summed E-state index contributed by atoms with van der Waals surface area (Å²) in [5, 5.41) is 0.457. The molecule has 0 radical (unpaired) electrons. The third-order valence-corrected chi connectivity index (χ3v) is 2.49. The molecule has 2 N–H and O–H groups in total. The molecular weight excluding hydrogens is 232 g/mol. The Morgan fingerprint density at radius 2 is 1.75 bits per heavy atom. The Bertz CT molecular complexity index is 541. The van der Waals surface area contributed by atoms with Gasteiger partial charge in [0.15, 0.2) is 11.6 Å². The molecule has 2 aromatic rings. The van der Waals surface area contributed by atoms with Crippen molar-refractivity contribution in [1.29, 1.82) is 0 Å². The average molecular weight is 240 g/mol. The second-order valence-corrected chi connectivity index (χ2v) is 3.77. The van der Waals surface area contributed by atoms with E-state index in [1.54, 1.807) is 12.1 Å². The fourth-order valence-electron chi connectivity index (χ4n) is 1.49. The van der Waals surface area contributed by atoms with Crippen LogP contribution in [0.25, 0.3) is 11.1 Å². The Hall–Kier alpha value is -1.61. The van der Waals surface area contributed by atoms with Crippen molar-refractivity contribution >= 4 is 17.3 Å². The fourth-order valence-corrected chi connectivity index (χ4v) is 1.67. The molecule has 16 heavy (non-hydrogen) atoms. The number of anilines is 1. The van der Waals surface area contributed by atoms with Crippen molar-refractivity contribution in [2.75, 3.05) is 5.73 Å². The van der Waals surface area contributed by atoms with Crippen molar-refractivity contribution in [3.63, 3.8) is 0 Å². The minimum atomic E-state index is -0.906. The number of hydrogen-bond donors (Lipinski definition) is 1. The van der Waals surface area contributed by atoms with Crippen LogP contribution in [0, 0.1) is 11.6 Å². The molecule has 0 spiro atoms. The standard InChI is InChI=1S/C12H8ClF2N/c13-7-4-5-8(11(16)6-7)9-2-1-3-10(14)12(9)15/h1-6H,16H2. The van der Waals surface area contributed by atoms with Gasteiger partial charge >= 0.3 is 0 Å². The van der Waals surface area contributed by atoms with Gasteiger partial charge in [0.25, 0.3) is 0 Å². The Morgan fingerprint density at radius 1 is 1.00 bits per heavy atom. The van der Waals surface area contributed by atoms with Gasteiger partial charge in [0.1, 0.15) is 0 Å². The second-order valence-electron chi connectivity index (χ2n) is 3.33. The smallest absolute Gasteiger partial charge is 0.166 e. The molecule has 0 aliphatic rings. The number of halogens is 3. The molecule has 1 nitrogen and oxygen atoms in total. The quantitative estimate of drug-likeness (QED) is 0.751. The normalized spacial score (nSPS) is 10.4. The number of hydrogen-bond acceptors (Lipinski definition) is 1. The van der Waals surface area contributed by atoms with Crippen LogP contribution in [-0.4, -0.2) is 0 Å². The summed E-state index contributed by atoms with van der Waals surface area (Å²) in [4.78, 5) is 0. The van der Waals surface area contributed by atoms with Gasteiger partial charge in [-0.1, -0.05) is 29.8 Å². The molecule has 0 aromatic heterocycles. The Balaban J connectivity index is 2.63.